The van der Waals surface area contributed by atoms with Gasteiger partial charge in [-0.3, -0.25) is 9.63 Å². The van der Waals surface area contributed by atoms with E-state index in [1.54, 1.807) is 0 Å². The molecule has 0 fully saturated rings. The van der Waals surface area contributed by atoms with Gasteiger partial charge in [0.15, 0.2) is 11.5 Å². The topological polar surface area (TPSA) is 73.1 Å². The van der Waals surface area contributed by atoms with Gasteiger partial charge < -0.3 is 0 Å². The average molecular weight is 362 g/mol. The minimum absolute atomic E-state index is 0.0516. The maximum absolute atomic E-state index is 13.0. The molecule has 2 heterocycles. The summed E-state index contributed by atoms with van der Waals surface area (Å²) in [5.74, 6) is -0.702. The number of carbonyl (C=O) groups excluding carboxylic acids is 1. The van der Waals surface area contributed by atoms with Gasteiger partial charge >= 0.3 is 0 Å². The first kappa shape index (κ1) is 15.4. The van der Waals surface area contributed by atoms with E-state index >= 15 is 0 Å². The average Bonchev–Trinajstić information content (AvgIpc) is 2.95. The maximum atomic E-state index is 13.0. The van der Waals surface area contributed by atoms with Crippen LogP contribution in [0, 0.1) is 0 Å². The highest BCUT2D eigenvalue weighted by Crippen LogP contribution is 2.26. The molecule has 0 radical (unpaired) electrons. The number of hydrogen-bond donors (Lipinski definition) is 0. The monoisotopic (exact) mass is 361 g/mol. The molecule has 0 saturated heterocycles. The molecule has 0 N–H and O–H groups in total. The molecule has 0 saturated carbocycles. The molecule has 0 spiro atoms. The van der Waals surface area contributed by atoms with Crippen LogP contribution in [-0.4, -0.2) is 45.1 Å². The van der Waals surface area contributed by atoms with Gasteiger partial charge in [0.25, 0.3) is 12.3 Å². The molecule has 112 valence electrons. The molecule has 2 rings (SSSR count). The van der Waals surface area contributed by atoms with Crippen LogP contribution >= 0.6 is 15.9 Å². The second-order valence-electron chi connectivity index (χ2n) is 3.87. The molecule has 0 atom stereocenters. The molecule has 1 amide bonds. The van der Waals surface area contributed by atoms with Crippen LogP contribution < -0.4 is 0 Å². The molecule has 0 aromatic carbocycles. The van der Waals surface area contributed by atoms with Crippen molar-refractivity contribution in [2.75, 3.05) is 14.2 Å². The predicted molar refractivity (Wildman–Crippen MR) is 70.9 cm³/mol. The molecule has 2 aromatic heterocycles. The number of hydrogen-bond acceptors (Lipinski definition) is 5. The van der Waals surface area contributed by atoms with Gasteiger partial charge in [-0.25, -0.2) is 18.8 Å². The highest BCUT2D eigenvalue weighted by molar-refractivity contribution is 9.10. The molecular formula is C11H10BrF2N5O2. The van der Waals surface area contributed by atoms with Gasteiger partial charge in [-0.1, -0.05) is 0 Å². The number of halogens is 3. The van der Waals surface area contributed by atoms with Gasteiger partial charge in [-0.05, 0) is 22.0 Å². The highest BCUT2D eigenvalue weighted by Gasteiger charge is 2.21. The highest BCUT2D eigenvalue weighted by atomic mass is 79.9. The van der Waals surface area contributed by atoms with Gasteiger partial charge in [0.2, 0.25) is 0 Å². The van der Waals surface area contributed by atoms with Crippen LogP contribution in [0.3, 0.4) is 0 Å². The summed E-state index contributed by atoms with van der Waals surface area (Å²) in [6, 6.07) is 1.22. The lowest BCUT2D eigenvalue weighted by Crippen LogP contribution is -2.25. The molecule has 0 aliphatic carbocycles. The molecule has 21 heavy (non-hydrogen) atoms. The van der Waals surface area contributed by atoms with Crippen molar-refractivity contribution < 1.29 is 18.4 Å². The Morgan fingerprint density at radius 1 is 1.48 bits per heavy atom. The van der Waals surface area contributed by atoms with Crippen LogP contribution in [0.2, 0.25) is 0 Å². The van der Waals surface area contributed by atoms with Crippen molar-refractivity contribution in [1.29, 1.82) is 0 Å². The normalized spacial score (nSPS) is 11.0. The standard InChI is InChI=1S/C11H10BrF2N5O2/c1-18(21-2)11(20)8-5-16-19(17-8)10-7(9(13)14)3-6(12)4-15-10/h3-5,9H,1-2H3. The Labute approximate surface area is 126 Å². The van der Waals surface area contributed by atoms with Crippen LogP contribution in [0.1, 0.15) is 22.5 Å². The lowest BCUT2D eigenvalue weighted by atomic mass is 10.3. The van der Waals surface area contributed by atoms with E-state index in [1.165, 1.54) is 26.4 Å². The zero-order valence-corrected chi connectivity index (χ0v) is 12.6. The summed E-state index contributed by atoms with van der Waals surface area (Å²) in [6.07, 6.45) is -0.263. The van der Waals surface area contributed by atoms with Crippen molar-refractivity contribution in [2.24, 2.45) is 0 Å². The van der Waals surface area contributed by atoms with Crippen LogP contribution in [0.4, 0.5) is 8.78 Å². The third-order valence-corrected chi connectivity index (χ3v) is 2.99. The van der Waals surface area contributed by atoms with E-state index in [9.17, 15) is 13.6 Å². The maximum Gasteiger partial charge on any atom is 0.299 e. The molecular weight excluding hydrogens is 352 g/mol. The minimum Gasteiger partial charge on any atom is -0.274 e. The van der Waals surface area contributed by atoms with Crippen molar-refractivity contribution >= 4 is 21.8 Å². The number of rotatable bonds is 4. The SMILES string of the molecule is CON(C)C(=O)c1cnn(-c2ncc(Br)cc2C(F)F)n1. The largest absolute Gasteiger partial charge is 0.299 e. The summed E-state index contributed by atoms with van der Waals surface area (Å²) in [5, 5.41) is 8.58. The first-order chi connectivity index (χ1) is 9.93. The minimum atomic E-state index is -2.75. The second kappa shape index (κ2) is 6.22. The Kier molecular flexibility index (Phi) is 4.58. The van der Waals surface area contributed by atoms with Crippen LogP contribution in [0.5, 0.6) is 0 Å². The van der Waals surface area contributed by atoms with E-state index in [2.05, 4.69) is 31.1 Å². The van der Waals surface area contributed by atoms with E-state index in [1.807, 2.05) is 0 Å². The quantitative estimate of drug-likeness (QED) is 0.778. The van der Waals surface area contributed by atoms with Gasteiger partial charge in [-0.15, -0.1) is 9.90 Å². The zero-order valence-electron chi connectivity index (χ0n) is 11.0. The van der Waals surface area contributed by atoms with Crippen molar-refractivity contribution in [1.82, 2.24) is 25.0 Å². The smallest absolute Gasteiger partial charge is 0.274 e. The molecule has 0 aliphatic heterocycles. The summed E-state index contributed by atoms with van der Waals surface area (Å²) in [4.78, 5) is 21.3. The van der Waals surface area contributed by atoms with Crippen molar-refractivity contribution in [3.63, 3.8) is 0 Å². The molecule has 10 heteroatoms. The number of alkyl halides is 2. The molecule has 0 unspecified atom stereocenters. The summed E-state index contributed by atoms with van der Waals surface area (Å²) in [6.45, 7) is 0. The number of pyridine rings is 1. The van der Waals surface area contributed by atoms with Crippen molar-refractivity contribution in [3.05, 3.63) is 34.2 Å². The van der Waals surface area contributed by atoms with Crippen molar-refractivity contribution in [2.45, 2.75) is 6.43 Å². The van der Waals surface area contributed by atoms with E-state index in [0.717, 1.165) is 16.1 Å². The van der Waals surface area contributed by atoms with Crippen LogP contribution in [0.25, 0.3) is 5.82 Å². The first-order valence-corrected chi connectivity index (χ1v) is 6.41. The Bertz CT molecular complexity index is 664. The van der Waals surface area contributed by atoms with E-state index in [0.29, 0.717) is 4.47 Å². The van der Waals surface area contributed by atoms with E-state index in [4.69, 9.17) is 4.84 Å². The van der Waals surface area contributed by atoms with Crippen LogP contribution in [-0.2, 0) is 4.84 Å². The van der Waals surface area contributed by atoms with Gasteiger partial charge in [0, 0.05) is 17.7 Å². The van der Waals surface area contributed by atoms with E-state index in [-0.39, 0.29) is 17.1 Å². The number of nitrogens with zero attached hydrogens (tertiary/aromatic N) is 5. The molecule has 0 bridgehead atoms. The van der Waals surface area contributed by atoms with E-state index < -0.39 is 12.3 Å². The number of carbonyl (C=O) groups is 1. The van der Waals surface area contributed by atoms with Gasteiger partial charge in [0.1, 0.15) is 0 Å². The molecule has 7 nitrogen and oxygen atoms in total. The summed E-state index contributed by atoms with van der Waals surface area (Å²) >= 11 is 3.07. The Balaban J connectivity index is 2.40. The first-order valence-electron chi connectivity index (χ1n) is 5.62. The third kappa shape index (κ3) is 3.22. The van der Waals surface area contributed by atoms with Gasteiger partial charge in [0.05, 0.1) is 18.9 Å². The summed E-state index contributed by atoms with van der Waals surface area (Å²) in [5.41, 5.74) is -0.400. The molecule has 0 aliphatic rings. The fraction of sp³-hybridized carbons (Fsp3) is 0.273. The number of aromatic nitrogens is 4. The number of amides is 1. The summed E-state index contributed by atoms with van der Waals surface area (Å²) < 4.78 is 26.4. The lowest BCUT2D eigenvalue weighted by Gasteiger charge is -2.10. The van der Waals surface area contributed by atoms with Gasteiger partial charge in [-0.2, -0.15) is 5.10 Å². The Hall–Kier alpha value is -1.94. The molecule has 2 aromatic rings. The fourth-order valence-electron chi connectivity index (χ4n) is 1.48. The lowest BCUT2D eigenvalue weighted by molar-refractivity contribution is -0.0760. The zero-order chi connectivity index (χ0) is 15.6. The third-order valence-electron chi connectivity index (χ3n) is 2.56. The second-order valence-corrected chi connectivity index (χ2v) is 4.79. The number of hydroxylamine groups is 2. The Morgan fingerprint density at radius 3 is 2.81 bits per heavy atom. The van der Waals surface area contributed by atoms with Crippen LogP contribution in [0.15, 0.2) is 22.9 Å². The van der Waals surface area contributed by atoms with Crippen molar-refractivity contribution in [3.8, 4) is 5.82 Å². The fourth-order valence-corrected chi connectivity index (χ4v) is 1.83. The summed E-state index contributed by atoms with van der Waals surface area (Å²) in [7, 11) is 2.71. The Morgan fingerprint density at radius 2 is 2.19 bits per heavy atom. The predicted octanol–water partition coefficient (Wildman–Crippen LogP) is 2.00.